The number of aromatic amines is 1. The molecule has 4 N–H and O–H groups in total. The molecule has 0 aromatic carbocycles. The number of aromatic nitrogens is 2. The third-order valence-corrected chi connectivity index (χ3v) is 3.71. The number of aliphatic hydroxyl groups is 1. The quantitative estimate of drug-likeness (QED) is 0.465. The first-order valence-corrected chi connectivity index (χ1v) is 7.64. The van der Waals surface area contributed by atoms with Gasteiger partial charge in [0.1, 0.15) is 12.2 Å². The van der Waals surface area contributed by atoms with Crippen molar-refractivity contribution < 1.29 is 28.7 Å². The molecule has 0 aliphatic carbocycles. The molecule has 1 aliphatic rings. The number of hydrogen-bond acceptors (Lipinski definition) is 9. The van der Waals surface area contributed by atoms with Gasteiger partial charge in [-0.3, -0.25) is 14.3 Å². The molecule has 2 heterocycles. The van der Waals surface area contributed by atoms with Gasteiger partial charge in [0.25, 0.3) is 5.56 Å². The van der Waals surface area contributed by atoms with E-state index in [2.05, 4.69) is 4.52 Å². The Kier molecular flexibility index (Phi) is 4.68. The van der Waals surface area contributed by atoms with Gasteiger partial charge in [-0.15, -0.1) is 0 Å². The summed E-state index contributed by atoms with van der Waals surface area (Å²) in [6, 6.07) is -1.09. The molecule has 1 saturated heterocycles. The summed E-state index contributed by atoms with van der Waals surface area (Å²) < 4.78 is 20.7. The molecule has 11 nitrogen and oxygen atoms in total. The van der Waals surface area contributed by atoms with Crippen molar-refractivity contribution in [2.24, 2.45) is 5.73 Å². The number of hydrogen-bond donors (Lipinski definition) is 3. The molecule has 0 unspecified atom stereocenters. The van der Waals surface area contributed by atoms with E-state index in [9.17, 15) is 29.0 Å². The number of phosphoric acid groups is 1. The van der Waals surface area contributed by atoms with Crippen LogP contribution >= 0.6 is 7.82 Å². The monoisotopic (exact) mass is 335 g/mol. The van der Waals surface area contributed by atoms with Crippen molar-refractivity contribution in [3.05, 3.63) is 32.6 Å². The van der Waals surface area contributed by atoms with Crippen LogP contribution in [0.3, 0.4) is 0 Å². The summed E-state index contributed by atoms with van der Waals surface area (Å²) in [5, 5.41) is 10.0. The topological polar surface area (TPSA) is 183 Å². The van der Waals surface area contributed by atoms with E-state index in [4.69, 9.17) is 10.5 Å². The van der Waals surface area contributed by atoms with Crippen molar-refractivity contribution >= 4 is 7.82 Å². The van der Waals surface area contributed by atoms with Gasteiger partial charge in [-0.2, -0.15) is 0 Å². The van der Waals surface area contributed by atoms with Crippen molar-refractivity contribution in [2.75, 3.05) is 6.61 Å². The molecular formula is C10H14N3O8P-2. The summed E-state index contributed by atoms with van der Waals surface area (Å²) in [5.74, 6) is 0. The molecule has 1 fully saturated rings. The fourth-order valence-electron chi connectivity index (χ4n) is 2.08. The van der Waals surface area contributed by atoms with Gasteiger partial charge in [0.2, 0.25) is 0 Å². The van der Waals surface area contributed by atoms with Gasteiger partial charge < -0.3 is 34.5 Å². The Labute approximate surface area is 123 Å². The number of aliphatic hydroxyl groups excluding tert-OH is 1. The van der Waals surface area contributed by atoms with Gasteiger partial charge in [0.05, 0.1) is 20.5 Å². The van der Waals surface area contributed by atoms with Crippen LogP contribution in [-0.4, -0.2) is 39.5 Å². The smallest absolute Gasteiger partial charge is 0.330 e. The number of phosphoric ester groups is 1. The van der Waals surface area contributed by atoms with E-state index in [0.717, 1.165) is 4.57 Å². The van der Waals surface area contributed by atoms with E-state index in [-0.39, 0.29) is 5.56 Å². The molecule has 0 spiro atoms. The minimum absolute atomic E-state index is 0.201. The number of rotatable bonds is 4. The van der Waals surface area contributed by atoms with Gasteiger partial charge in [0.15, 0.2) is 6.23 Å². The zero-order valence-corrected chi connectivity index (χ0v) is 12.3. The lowest BCUT2D eigenvalue weighted by Crippen LogP contribution is -2.43. The number of nitrogens with two attached hydrogens (primary N) is 1. The summed E-state index contributed by atoms with van der Waals surface area (Å²) in [6.07, 6.45) is -2.55. The van der Waals surface area contributed by atoms with Crippen molar-refractivity contribution in [3.8, 4) is 0 Å². The van der Waals surface area contributed by atoms with Crippen molar-refractivity contribution in [1.29, 1.82) is 0 Å². The van der Waals surface area contributed by atoms with Gasteiger partial charge in [0, 0.05) is 11.8 Å². The fourth-order valence-corrected chi connectivity index (χ4v) is 2.41. The Balaban J connectivity index is 2.23. The standard InChI is InChI=1S/C10H16N3O8P/c1-4-2-13(10(16)12-8(4)15)9-7(14)6(11)5(21-9)3-20-22(17,18)19/h2,5-7,9,14H,3,11H2,1H3,(H,12,15,16)(H2,17,18,19)/p-2/t5-,6-,7-,9-/m1/s1. The second-order valence-electron chi connectivity index (χ2n) is 4.85. The van der Waals surface area contributed by atoms with Crippen LogP contribution in [0.15, 0.2) is 15.8 Å². The van der Waals surface area contributed by atoms with Gasteiger partial charge >= 0.3 is 5.69 Å². The van der Waals surface area contributed by atoms with Gasteiger partial charge in [-0.1, -0.05) is 0 Å². The molecule has 12 heteroatoms. The maximum absolute atomic E-state index is 11.8. The van der Waals surface area contributed by atoms with Crippen LogP contribution in [0.25, 0.3) is 0 Å². The molecule has 124 valence electrons. The lowest BCUT2D eigenvalue weighted by Gasteiger charge is -2.30. The Morgan fingerprint density at radius 3 is 2.77 bits per heavy atom. The Morgan fingerprint density at radius 1 is 1.55 bits per heavy atom. The van der Waals surface area contributed by atoms with E-state index in [1.165, 1.54) is 13.1 Å². The molecule has 0 bridgehead atoms. The third-order valence-electron chi connectivity index (χ3n) is 3.25. The Morgan fingerprint density at radius 2 is 2.18 bits per heavy atom. The van der Waals surface area contributed by atoms with Gasteiger partial charge in [-0.25, -0.2) is 4.79 Å². The maximum atomic E-state index is 11.8. The number of nitrogens with one attached hydrogen (secondary N) is 1. The highest BCUT2D eigenvalue weighted by Gasteiger charge is 2.43. The van der Waals surface area contributed by atoms with Crippen LogP contribution < -0.4 is 26.8 Å². The summed E-state index contributed by atoms with van der Waals surface area (Å²) >= 11 is 0. The minimum atomic E-state index is -5.21. The SMILES string of the molecule is Cc1cn([C@@H]2O[C@H](COP(=O)([O-])[O-])[C@@H](N)[C@H]2O)c(=O)[nH]c1=O. The predicted molar refractivity (Wildman–Crippen MR) is 67.5 cm³/mol. The molecular weight excluding hydrogens is 321 g/mol. The van der Waals surface area contributed by atoms with E-state index in [0.29, 0.717) is 0 Å². The first-order chi connectivity index (χ1) is 10.1. The first-order valence-electron chi connectivity index (χ1n) is 6.18. The molecule has 1 aliphatic heterocycles. The number of aryl methyl sites for hydroxylation is 1. The van der Waals surface area contributed by atoms with Crippen LogP contribution in [0.5, 0.6) is 0 Å². The van der Waals surface area contributed by atoms with E-state index in [1.807, 2.05) is 4.98 Å². The van der Waals surface area contributed by atoms with Crippen molar-refractivity contribution in [3.63, 3.8) is 0 Å². The average molecular weight is 335 g/mol. The van der Waals surface area contributed by atoms with Crippen LogP contribution in [0.1, 0.15) is 11.8 Å². The average Bonchev–Trinajstić information content (AvgIpc) is 2.68. The molecule has 2 rings (SSSR count). The van der Waals surface area contributed by atoms with E-state index < -0.39 is 50.2 Å². The molecule has 4 atom stereocenters. The summed E-state index contributed by atoms with van der Waals surface area (Å²) in [4.78, 5) is 46.0. The molecule has 0 amide bonds. The Bertz CT molecular complexity index is 709. The highest BCUT2D eigenvalue weighted by atomic mass is 31.2. The molecule has 1 aromatic rings. The zero-order valence-electron chi connectivity index (χ0n) is 11.4. The number of H-pyrrole nitrogens is 1. The lowest BCUT2D eigenvalue weighted by molar-refractivity contribution is -0.343. The van der Waals surface area contributed by atoms with Crippen LogP contribution in [0.2, 0.25) is 0 Å². The third kappa shape index (κ3) is 3.52. The summed E-state index contributed by atoms with van der Waals surface area (Å²) in [7, 11) is -5.21. The lowest BCUT2D eigenvalue weighted by atomic mass is 10.1. The van der Waals surface area contributed by atoms with Crippen molar-refractivity contribution in [2.45, 2.75) is 31.4 Å². The van der Waals surface area contributed by atoms with Crippen LogP contribution in [-0.2, 0) is 13.8 Å². The van der Waals surface area contributed by atoms with Gasteiger partial charge in [-0.05, 0) is 6.92 Å². The fraction of sp³-hybridized carbons (Fsp3) is 0.600. The molecule has 22 heavy (non-hydrogen) atoms. The summed E-state index contributed by atoms with van der Waals surface area (Å²) in [5.41, 5.74) is 4.45. The van der Waals surface area contributed by atoms with E-state index >= 15 is 0 Å². The second-order valence-corrected chi connectivity index (χ2v) is 6.01. The highest BCUT2D eigenvalue weighted by molar-refractivity contribution is 7.43. The number of nitrogens with zero attached hydrogens (tertiary/aromatic N) is 1. The minimum Gasteiger partial charge on any atom is -0.790 e. The largest absolute Gasteiger partial charge is 0.790 e. The molecule has 1 aromatic heterocycles. The maximum Gasteiger partial charge on any atom is 0.330 e. The molecule has 0 radical (unpaired) electrons. The summed E-state index contributed by atoms with van der Waals surface area (Å²) in [6.45, 7) is 0.762. The van der Waals surface area contributed by atoms with Crippen molar-refractivity contribution in [1.82, 2.24) is 9.55 Å². The second kappa shape index (κ2) is 6.05. The predicted octanol–water partition coefficient (Wildman–Crippen LogP) is -3.72. The number of ether oxygens (including phenoxy) is 1. The van der Waals surface area contributed by atoms with E-state index in [1.54, 1.807) is 0 Å². The molecule has 0 saturated carbocycles. The highest BCUT2D eigenvalue weighted by Crippen LogP contribution is 2.31. The zero-order chi connectivity index (χ0) is 16.7. The first kappa shape index (κ1) is 17.0. The normalized spacial score (nSPS) is 29.0. The Hall–Kier alpha value is -1.33. The van der Waals surface area contributed by atoms with Crippen LogP contribution in [0, 0.1) is 6.92 Å². The van der Waals surface area contributed by atoms with Crippen LogP contribution in [0.4, 0.5) is 0 Å².